The average Bonchev–Trinajstić information content (AvgIpc) is 2.85. The summed E-state index contributed by atoms with van der Waals surface area (Å²) in [6.45, 7) is 0. The molecule has 0 aliphatic carbocycles. The van der Waals surface area contributed by atoms with Crippen molar-refractivity contribution in [2.45, 2.75) is 0 Å². The third-order valence-electron chi connectivity index (χ3n) is 2.80. The molecule has 0 unspecified atom stereocenters. The molecule has 0 spiro atoms. The number of nitrogens with zero attached hydrogens (tertiary/aromatic N) is 2. The van der Waals surface area contributed by atoms with Crippen LogP contribution in [0, 0.1) is 5.82 Å². The van der Waals surface area contributed by atoms with Crippen molar-refractivity contribution in [3.8, 4) is 11.4 Å². The van der Waals surface area contributed by atoms with Gasteiger partial charge in [-0.25, -0.2) is 4.39 Å². The third kappa shape index (κ3) is 1.47. The summed E-state index contributed by atoms with van der Waals surface area (Å²) in [5, 5.41) is 4.81. The highest BCUT2D eigenvalue weighted by Crippen LogP contribution is 2.25. The second kappa shape index (κ2) is 3.35. The van der Waals surface area contributed by atoms with E-state index in [1.165, 1.54) is 6.07 Å². The minimum Gasteiger partial charge on any atom is -0.384 e. The molecule has 2 heterocycles. The Labute approximate surface area is 96.9 Å². The lowest BCUT2D eigenvalue weighted by Crippen LogP contribution is -1.96. The Balaban J connectivity index is 2.21. The second-order valence-corrected chi connectivity index (χ2v) is 3.96. The summed E-state index contributed by atoms with van der Waals surface area (Å²) in [4.78, 5) is 3.12. The number of rotatable bonds is 1. The lowest BCUT2D eigenvalue weighted by molar-refractivity contribution is 0.640. The molecular weight excluding hydrogens is 219 g/mol. The van der Waals surface area contributed by atoms with Gasteiger partial charge in [-0.2, -0.15) is 5.10 Å². The molecule has 5 heteroatoms. The topological polar surface area (TPSA) is 59.6 Å². The van der Waals surface area contributed by atoms with E-state index in [0.29, 0.717) is 16.9 Å². The first-order valence-corrected chi connectivity index (χ1v) is 5.22. The van der Waals surface area contributed by atoms with Crippen LogP contribution in [0.3, 0.4) is 0 Å². The Bertz CT molecular complexity index is 676. The molecular formula is C12H11FN4. The highest BCUT2D eigenvalue weighted by atomic mass is 19.1. The number of fused-ring (bicyclic) bond motifs is 1. The molecule has 0 saturated heterocycles. The fraction of sp³-hybridized carbons (Fsp3) is 0.0833. The summed E-state index contributed by atoms with van der Waals surface area (Å²) >= 11 is 0. The fourth-order valence-electron chi connectivity index (χ4n) is 1.87. The second-order valence-electron chi connectivity index (χ2n) is 3.96. The van der Waals surface area contributed by atoms with Gasteiger partial charge in [-0.3, -0.25) is 4.68 Å². The number of benzene rings is 1. The highest BCUT2D eigenvalue weighted by molar-refractivity contribution is 5.85. The molecule has 2 aromatic heterocycles. The first kappa shape index (κ1) is 9.89. The number of aromatic amines is 1. The van der Waals surface area contributed by atoms with E-state index in [1.807, 2.05) is 6.07 Å². The summed E-state index contributed by atoms with van der Waals surface area (Å²) in [6.07, 6.45) is 0. The number of nitrogens with one attached hydrogen (secondary N) is 1. The zero-order chi connectivity index (χ0) is 12.0. The predicted molar refractivity (Wildman–Crippen MR) is 64.9 cm³/mol. The molecule has 86 valence electrons. The lowest BCUT2D eigenvalue weighted by atomic mass is 10.2. The number of aromatic nitrogens is 3. The Morgan fingerprint density at radius 3 is 2.82 bits per heavy atom. The average molecular weight is 230 g/mol. The Kier molecular flexibility index (Phi) is 1.95. The van der Waals surface area contributed by atoms with Crippen LogP contribution in [0.5, 0.6) is 0 Å². The monoisotopic (exact) mass is 230 g/mol. The van der Waals surface area contributed by atoms with E-state index in [4.69, 9.17) is 5.73 Å². The van der Waals surface area contributed by atoms with Crippen LogP contribution in [0.4, 0.5) is 10.2 Å². The van der Waals surface area contributed by atoms with Gasteiger partial charge in [-0.15, -0.1) is 0 Å². The van der Waals surface area contributed by atoms with E-state index < -0.39 is 0 Å². The van der Waals surface area contributed by atoms with Crippen molar-refractivity contribution in [3.05, 3.63) is 36.1 Å². The zero-order valence-electron chi connectivity index (χ0n) is 9.24. The molecule has 0 bridgehead atoms. The molecule has 0 radical (unpaired) electrons. The molecule has 0 saturated carbocycles. The standard InChI is InChI=1S/C12H11FN4/c1-17-12(14)6-11(16-17)10-5-7-8(13)3-2-4-9(7)15-10/h2-6,15H,14H2,1H3. The summed E-state index contributed by atoms with van der Waals surface area (Å²) in [7, 11) is 1.77. The van der Waals surface area contributed by atoms with Crippen LogP contribution >= 0.6 is 0 Å². The van der Waals surface area contributed by atoms with Gasteiger partial charge in [-0.05, 0) is 18.2 Å². The van der Waals surface area contributed by atoms with Crippen LogP contribution in [0.1, 0.15) is 0 Å². The van der Waals surface area contributed by atoms with Crippen molar-refractivity contribution in [2.24, 2.45) is 7.05 Å². The van der Waals surface area contributed by atoms with Crippen molar-refractivity contribution in [3.63, 3.8) is 0 Å². The van der Waals surface area contributed by atoms with Crippen molar-refractivity contribution >= 4 is 16.7 Å². The summed E-state index contributed by atoms with van der Waals surface area (Å²) < 4.78 is 15.1. The van der Waals surface area contributed by atoms with Gasteiger partial charge in [0.05, 0.1) is 5.69 Å². The molecule has 0 fully saturated rings. The Morgan fingerprint density at radius 2 is 2.18 bits per heavy atom. The zero-order valence-corrected chi connectivity index (χ0v) is 9.24. The number of nitrogen functional groups attached to an aromatic ring is 1. The number of hydrogen-bond donors (Lipinski definition) is 2. The molecule has 3 N–H and O–H groups in total. The van der Waals surface area contributed by atoms with Crippen LogP contribution in [0.15, 0.2) is 30.3 Å². The van der Waals surface area contributed by atoms with Crippen LogP contribution < -0.4 is 5.73 Å². The first-order valence-electron chi connectivity index (χ1n) is 5.22. The van der Waals surface area contributed by atoms with Gasteiger partial charge >= 0.3 is 0 Å². The molecule has 17 heavy (non-hydrogen) atoms. The van der Waals surface area contributed by atoms with E-state index in [1.54, 1.807) is 29.9 Å². The maximum atomic E-state index is 13.5. The van der Waals surface area contributed by atoms with Crippen molar-refractivity contribution in [1.82, 2.24) is 14.8 Å². The van der Waals surface area contributed by atoms with Crippen LogP contribution in [0.25, 0.3) is 22.3 Å². The van der Waals surface area contributed by atoms with E-state index in [9.17, 15) is 4.39 Å². The van der Waals surface area contributed by atoms with E-state index in [-0.39, 0.29) is 5.82 Å². The quantitative estimate of drug-likeness (QED) is 0.673. The number of hydrogen-bond acceptors (Lipinski definition) is 2. The molecule has 4 nitrogen and oxygen atoms in total. The number of halogens is 1. The highest BCUT2D eigenvalue weighted by Gasteiger charge is 2.10. The van der Waals surface area contributed by atoms with Gasteiger partial charge in [0.1, 0.15) is 17.3 Å². The molecule has 0 aliphatic rings. The Hall–Kier alpha value is -2.30. The number of anilines is 1. The number of nitrogens with two attached hydrogens (primary N) is 1. The van der Waals surface area contributed by atoms with Crippen LogP contribution in [-0.2, 0) is 7.05 Å². The van der Waals surface area contributed by atoms with Gasteiger partial charge in [0.2, 0.25) is 0 Å². The van der Waals surface area contributed by atoms with E-state index in [2.05, 4.69) is 10.1 Å². The number of H-pyrrole nitrogens is 1. The van der Waals surface area contributed by atoms with Crippen LogP contribution in [-0.4, -0.2) is 14.8 Å². The maximum Gasteiger partial charge on any atom is 0.132 e. The molecule has 3 aromatic rings. The van der Waals surface area contributed by atoms with Gasteiger partial charge < -0.3 is 10.7 Å². The first-order chi connectivity index (χ1) is 8.15. The van der Waals surface area contributed by atoms with Gasteiger partial charge in [0.25, 0.3) is 0 Å². The van der Waals surface area contributed by atoms with E-state index in [0.717, 1.165) is 11.2 Å². The number of aryl methyl sites for hydroxylation is 1. The molecule has 1 aromatic carbocycles. The van der Waals surface area contributed by atoms with E-state index >= 15 is 0 Å². The normalized spacial score (nSPS) is 11.2. The minimum atomic E-state index is -0.242. The molecule has 0 atom stereocenters. The fourth-order valence-corrected chi connectivity index (χ4v) is 1.87. The van der Waals surface area contributed by atoms with Gasteiger partial charge in [0.15, 0.2) is 0 Å². The SMILES string of the molecule is Cn1nc(-c2cc3c(F)cccc3[nH]2)cc1N. The van der Waals surface area contributed by atoms with Gasteiger partial charge in [-0.1, -0.05) is 6.07 Å². The lowest BCUT2D eigenvalue weighted by Gasteiger charge is -1.90. The Morgan fingerprint density at radius 1 is 1.35 bits per heavy atom. The molecule has 0 aliphatic heterocycles. The predicted octanol–water partition coefficient (Wildman–Crippen LogP) is 2.29. The van der Waals surface area contributed by atoms with Crippen molar-refractivity contribution < 1.29 is 4.39 Å². The third-order valence-corrected chi connectivity index (χ3v) is 2.80. The summed E-state index contributed by atoms with van der Waals surface area (Å²) in [6, 6.07) is 8.43. The molecule has 0 amide bonds. The van der Waals surface area contributed by atoms with Crippen LogP contribution in [0.2, 0.25) is 0 Å². The summed E-state index contributed by atoms with van der Waals surface area (Å²) in [5.41, 5.74) is 7.94. The minimum absolute atomic E-state index is 0.242. The smallest absolute Gasteiger partial charge is 0.132 e. The maximum absolute atomic E-state index is 13.5. The largest absolute Gasteiger partial charge is 0.384 e. The van der Waals surface area contributed by atoms with Crippen molar-refractivity contribution in [1.29, 1.82) is 0 Å². The van der Waals surface area contributed by atoms with Crippen molar-refractivity contribution in [2.75, 3.05) is 5.73 Å². The van der Waals surface area contributed by atoms with Gasteiger partial charge in [0, 0.05) is 24.0 Å². The summed E-state index contributed by atoms with van der Waals surface area (Å²) in [5.74, 6) is 0.327. The molecule has 3 rings (SSSR count).